The van der Waals surface area contributed by atoms with Gasteiger partial charge in [0.15, 0.2) is 0 Å². The van der Waals surface area contributed by atoms with Gasteiger partial charge in [0.05, 0.1) is 11.8 Å². The molecule has 0 amide bonds. The van der Waals surface area contributed by atoms with Crippen LogP contribution in [0.5, 0.6) is 0 Å². The van der Waals surface area contributed by atoms with Crippen molar-refractivity contribution in [2.75, 3.05) is 0 Å². The Morgan fingerprint density at radius 1 is 0.762 bits per heavy atom. The van der Waals surface area contributed by atoms with Gasteiger partial charge < -0.3 is 10.2 Å². The number of unbranched alkanes of at least 4 members (excludes halogenated alkanes) is 2. The number of rotatable bonds is 10. The van der Waals surface area contributed by atoms with Gasteiger partial charge >= 0.3 is 11.9 Å². The summed E-state index contributed by atoms with van der Waals surface area (Å²) in [4.78, 5) is 20.9. The Kier molecular flexibility index (Phi) is 22.9. The van der Waals surface area contributed by atoms with Crippen molar-refractivity contribution < 1.29 is 60.6 Å². The third kappa shape index (κ3) is 16.5. The first-order valence-corrected chi connectivity index (χ1v) is 7.89. The fourth-order valence-electron chi connectivity index (χ4n) is 1.91. The summed E-state index contributed by atoms with van der Waals surface area (Å²) in [6.07, 6.45) is 7.43. The first kappa shape index (κ1) is 26.2. The number of hydrogen-bond donors (Lipinski definition) is 2. The molecule has 0 heterocycles. The van der Waals surface area contributed by atoms with Crippen LogP contribution in [0.1, 0.15) is 79.1 Å². The van der Waals surface area contributed by atoms with Crippen LogP contribution in [0.25, 0.3) is 0 Å². The summed E-state index contributed by atoms with van der Waals surface area (Å²) < 4.78 is 0. The van der Waals surface area contributed by atoms with Gasteiger partial charge in [-0.05, 0) is 25.7 Å². The largest absolute Gasteiger partial charge is 0.481 e. The molecule has 124 valence electrons. The fourth-order valence-corrected chi connectivity index (χ4v) is 1.91. The Morgan fingerprint density at radius 3 is 1.19 bits per heavy atom. The minimum Gasteiger partial charge on any atom is -0.481 e. The zero-order chi connectivity index (χ0) is 16.0. The van der Waals surface area contributed by atoms with E-state index in [1.165, 1.54) is 0 Å². The van der Waals surface area contributed by atoms with E-state index in [9.17, 15) is 9.59 Å². The van der Waals surface area contributed by atoms with E-state index in [1.54, 1.807) is 0 Å². The first-order valence-electron chi connectivity index (χ1n) is 7.89. The summed E-state index contributed by atoms with van der Waals surface area (Å²) in [6.45, 7) is 8.01. The standard InChI is InChI=1S/2C8H16O2.Nd/c2*1-3-5-6-7(4-2)8(9)10;/h2*7H,3-6H2,1-2H3,(H,9,10);. The number of carbonyl (C=O) groups is 2. The van der Waals surface area contributed by atoms with Crippen LogP contribution in [0, 0.1) is 52.7 Å². The van der Waals surface area contributed by atoms with Crippen molar-refractivity contribution in [3.63, 3.8) is 0 Å². The Bertz CT molecular complexity index is 231. The van der Waals surface area contributed by atoms with Gasteiger partial charge in [-0.3, -0.25) is 9.59 Å². The van der Waals surface area contributed by atoms with E-state index in [-0.39, 0.29) is 52.7 Å². The van der Waals surface area contributed by atoms with Crippen molar-refractivity contribution in [2.45, 2.75) is 79.1 Å². The molecule has 0 fully saturated rings. The third-order valence-electron chi connectivity index (χ3n) is 3.50. The van der Waals surface area contributed by atoms with Gasteiger partial charge in [0, 0.05) is 40.8 Å². The van der Waals surface area contributed by atoms with Gasteiger partial charge in [-0.25, -0.2) is 0 Å². The second-order valence-electron chi connectivity index (χ2n) is 5.17. The van der Waals surface area contributed by atoms with Crippen molar-refractivity contribution in [1.29, 1.82) is 0 Å². The SMILES string of the molecule is CCCCC(CC)C(=O)O.CCCCC(CC)C(=O)O.[Nd]. The Balaban J connectivity index is -0.000000295. The molecule has 0 radical (unpaired) electrons. The average Bonchev–Trinajstić information content (AvgIpc) is 2.40. The molecule has 0 bridgehead atoms. The van der Waals surface area contributed by atoms with Crippen molar-refractivity contribution in [1.82, 2.24) is 0 Å². The maximum absolute atomic E-state index is 10.4. The fraction of sp³-hybridized carbons (Fsp3) is 0.875. The molecule has 2 atom stereocenters. The summed E-state index contributed by atoms with van der Waals surface area (Å²) in [5, 5.41) is 17.2. The van der Waals surface area contributed by atoms with Gasteiger partial charge in [-0.1, -0.05) is 53.4 Å². The van der Waals surface area contributed by atoms with Crippen molar-refractivity contribution in [2.24, 2.45) is 11.8 Å². The molecule has 0 saturated carbocycles. The minimum atomic E-state index is -0.643. The molecule has 0 rings (SSSR count). The molecule has 2 N–H and O–H groups in total. The average molecular weight is 433 g/mol. The van der Waals surface area contributed by atoms with Crippen LogP contribution in [-0.4, -0.2) is 22.2 Å². The van der Waals surface area contributed by atoms with Gasteiger partial charge in [-0.15, -0.1) is 0 Å². The predicted molar refractivity (Wildman–Crippen MR) is 81.9 cm³/mol. The number of carboxylic acids is 2. The summed E-state index contributed by atoms with van der Waals surface area (Å²) in [5.74, 6) is -1.51. The zero-order valence-electron chi connectivity index (χ0n) is 14.0. The third-order valence-corrected chi connectivity index (χ3v) is 3.50. The normalized spacial score (nSPS) is 12.4. The van der Waals surface area contributed by atoms with E-state index in [2.05, 4.69) is 13.8 Å². The van der Waals surface area contributed by atoms with E-state index < -0.39 is 11.9 Å². The Labute approximate surface area is 162 Å². The molecule has 0 aliphatic rings. The monoisotopic (exact) mass is 430 g/mol. The van der Waals surface area contributed by atoms with Crippen LogP contribution in [0.15, 0.2) is 0 Å². The molecule has 0 aromatic rings. The van der Waals surface area contributed by atoms with E-state index in [4.69, 9.17) is 10.2 Å². The molecule has 0 aromatic heterocycles. The second-order valence-corrected chi connectivity index (χ2v) is 5.17. The maximum atomic E-state index is 10.4. The molecule has 0 aliphatic heterocycles. The van der Waals surface area contributed by atoms with Crippen LogP contribution in [0.2, 0.25) is 0 Å². The number of aliphatic carboxylic acids is 2. The number of hydrogen-bond acceptors (Lipinski definition) is 2. The summed E-state index contributed by atoms with van der Waals surface area (Å²) in [7, 11) is 0. The summed E-state index contributed by atoms with van der Waals surface area (Å²) in [5.41, 5.74) is 0. The van der Waals surface area contributed by atoms with Crippen LogP contribution in [-0.2, 0) is 9.59 Å². The molecule has 0 spiro atoms. The van der Waals surface area contributed by atoms with Crippen LogP contribution < -0.4 is 0 Å². The Hall–Kier alpha value is 0.291. The molecule has 5 heteroatoms. The van der Waals surface area contributed by atoms with E-state index in [0.29, 0.717) is 0 Å². The molecule has 0 saturated heterocycles. The van der Waals surface area contributed by atoms with Crippen LogP contribution >= 0.6 is 0 Å². The predicted octanol–water partition coefficient (Wildman–Crippen LogP) is 4.57. The summed E-state index contributed by atoms with van der Waals surface area (Å²) >= 11 is 0. The van der Waals surface area contributed by atoms with Crippen molar-refractivity contribution >= 4 is 11.9 Å². The van der Waals surface area contributed by atoms with Crippen LogP contribution in [0.4, 0.5) is 0 Å². The Morgan fingerprint density at radius 2 is 1.05 bits per heavy atom. The molecule has 21 heavy (non-hydrogen) atoms. The molecule has 0 aliphatic carbocycles. The van der Waals surface area contributed by atoms with Gasteiger partial charge in [0.25, 0.3) is 0 Å². The first-order chi connectivity index (χ1) is 9.44. The van der Waals surface area contributed by atoms with Crippen molar-refractivity contribution in [3.05, 3.63) is 0 Å². The molecular weight excluding hydrogens is 400 g/mol. The van der Waals surface area contributed by atoms with E-state index in [0.717, 1.165) is 51.4 Å². The minimum absolute atomic E-state index is 0. The smallest absolute Gasteiger partial charge is 0.306 e. The van der Waals surface area contributed by atoms with Gasteiger partial charge in [0.2, 0.25) is 0 Å². The maximum Gasteiger partial charge on any atom is 0.306 e. The topological polar surface area (TPSA) is 74.6 Å². The zero-order valence-corrected chi connectivity index (χ0v) is 17.2. The molecule has 4 nitrogen and oxygen atoms in total. The van der Waals surface area contributed by atoms with Gasteiger partial charge in [0.1, 0.15) is 0 Å². The van der Waals surface area contributed by atoms with E-state index >= 15 is 0 Å². The van der Waals surface area contributed by atoms with Crippen molar-refractivity contribution in [3.8, 4) is 0 Å². The molecule has 2 unspecified atom stereocenters. The van der Waals surface area contributed by atoms with E-state index in [1.807, 2.05) is 13.8 Å². The quantitative estimate of drug-likeness (QED) is 0.530. The van der Waals surface area contributed by atoms with Gasteiger partial charge in [-0.2, -0.15) is 0 Å². The molecule has 0 aromatic carbocycles. The molecular formula is C16H32NdO4. The summed E-state index contributed by atoms with van der Waals surface area (Å²) in [6, 6.07) is 0. The second kappa shape index (κ2) is 18.3. The number of carboxylic acid groups (broad SMARTS) is 2. The van der Waals surface area contributed by atoms with Crippen LogP contribution in [0.3, 0.4) is 0 Å².